The monoisotopic (exact) mass is 237 g/mol. The van der Waals surface area contributed by atoms with Gasteiger partial charge in [-0.05, 0) is 30.2 Å². The van der Waals surface area contributed by atoms with Gasteiger partial charge in [0.15, 0.2) is 0 Å². The average molecular weight is 237 g/mol. The van der Waals surface area contributed by atoms with Gasteiger partial charge in [0.1, 0.15) is 12.4 Å². The van der Waals surface area contributed by atoms with E-state index < -0.39 is 0 Å². The van der Waals surface area contributed by atoms with Crippen molar-refractivity contribution < 1.29 is 14.3 Å². The van der Waals surface area contributed by atoms with Crippen LogP contribution in [0.15, 0.2) is 24.3 Å². The van der Waals surface area contributed by atoms with Crippen LogP contribution in [0.5, 0.6) is 5.75 Å². The normalized spacial score (nSPS) is 11.9. The average Bonchev–Trinajstić information content (AvgIpc) is 2.36. The van der Waals surface area contributed by atoms with E-state index in [2.05, 4.69) is 0 Å². The molecule has 0 aliphatic rings. The summed E-state index contributed by atoms with van der Waals surface area (Å²) in [7, 11) is 1.61. The van der Waals surface area contributed by atoms with Crippen molar-refractivity contribution in [2.24, 2.45) is 11.7 Å². The minimum absolute atomic E-state index is 0.165. The van der Waals surface area contributed by atoms with Crippen molar-refractivity contribution in [3.8, 4) is 5.75 Å². The maximum absolute atomic E-state index is 11.4. The van der Waals surface area contributed by atoms with Gasteiger partial charge < -0.3 is 15.2 Å². The Morgan fingerprint density at radius 3 is 2.53 bits per heavy atom. The molecule has 94 valence electrons. The van der Waals surface area contributed by atoms with Crippen LogP contribution in [0.25, 0.3) is 0 Å². The first-order valence-corrected chi connectivity index (χ1v) is 5.64. The molecule has 0 heterocycles. The van der Waals surface area contributed by atoms with E-state index in [-0.39, 0.29) is 11.9 Å². The van der Waals surface area contributed by atoms with Crippen LogP contribution in [0.4, 0.5) is 0 Å². The number of benzene rings is 1. The lowest BCUT2D eigenvalue weighted by atomic mass is 10.1. The van der Waals surface area contributed by atoms with Crippen LogP contribution in [0.2, 0.25) is 0 Å². The summed E-state index contributed by atoms with van der Waals surface area (Å²) in [6.45, 7) is 2.71. The molecule has 0 bridgehead atoms. The third-order valence-electron chi connectivity index (χ3n) is 2.48. The Morgan fingerprint density at radius 2 is 2.00 bits per heavy atom. The standard InChI is InChI=1S/C13H19NO3/c1-10(8-14)7-13(15)17-9-11-3-5-12(16-2)6-4-11/h3-6,10H,7-9,14H2,1-2H3. The summed E-state index contributed by atoms with van der Waals surface area (Å²) in [5, 5.41) is 0. The summed E-state index contributed by atoms with van der Waals surface area (Å²) in [5.74, 6) is 0.744. The largest absolute Gasteiger partial charge is 0.497 e. The van der Waals surface area contributed by atoms with Crippen molar-refractivity contribution in [2.75, 3.05) is 13.7 Å². The van der Waals surface area contributed by atoms with Crippen LogP contribution in [0.3, 0.4) is 0 Å². The molecule has 4 nitrogen and oxygen atoms in total. The number of methoxy groups -OCH3 is 1. The van der Waals surface area contributed by atoms with Gasteiger partial charge in [-0.15, -0.1) is 0 Å². The van der Waals surface area contributed by atoms with Crippen molar-refractivity contribution in [1.82, 2.24) is 0 Å². The second-order valence-corrected chi connectivity index (χ2v) is 4.05. The van der Waals surface area contributed by atoms with E-state index in [9.17, 15) is 4.79 Å². The van der Waals surface area contributed by atoms with E-state index in [1.54, 1.807) is 7.11 Å². The van der Waals surface area contributed by atoms with Crippen LogP contribution in [-0.4, -0.2) is 19.6 Å². The van der Waals surface area contributed by atoms with Gasteiger partial charge in [0.25, 0.3) is 0 Å². The van der Waals surface area contributed by atoms with Crippen molar-refractivity contribution in [2.45, 2.75) is 20.0 Å². The lowest BCUT2D eigenvalue weighted by molar-refractivity contribution is -0.145. The Hall–Kier alpha value is -1.55. The maximum atomic E-state index is 11.4. The third-order valence-corrected chi connectivity index (χ3v) is 2.48. The highest BCUT2D eigenvalue weighted by Crippen LogP contribution is 2.12. The van der Waals surface area contributed by atoms with E-state index in [1.807, 2.05) is 31.2 Å². The number of carbonyl (C=O) groups excluding carboxylic acids is 1. The summed E-state index contributed by atoms with van der Waals surface area (Å²) >= 11 is 0. The SMILES string of the molecule is COc1ccc(COC(=O)CC(C)CN)cc1. The zero-order chi connectivity index (χ0) is 12.7. The highest BCUT2D eigenvalue weighted by molar-refractivity contribution is 5.69. The molecular weight excluding hydrogens is 218 g/mol. The van der Waals surface area contributed by atoms with Crippen LogP contribution < -0.4 is 10.5 Å². The molecule has 0 aliphatic heterocycles. The summed E-state index contributed by atoms with van der Waals surface area (Å²) in [6.07, 6.45) is 0.368. The molecule has 2 N–H and O–H groups in total. The van der Waals surface area contributed by atoms with Gasteiger partial charge in [-0.3, -0.25) is 4.79 Å². The molecule has 4 heteroatoms. The van der Waals surface area contributed by atoms with Crippen LogP contribution in [-0.2, 0) is 16.1 Å². The number of hydrogen-bond donors (Lipinski definition) is 1. The fourth-order valence-electron chi connectivity index (χ4n) is 1.31. The van der Waals surface area contributed by atoms with E-state index in [0.29, 0.717) is 19.6 Å². The topological polar surface area (TPSA) is 61.5 Å². The van der Waals surface area contributed by atoms with Gasteiger partial charge in [0.2, 0.25) is 0 Å². The molecule has 0 aliphatic carbocycles. The first-order chi connectivity index (χ1) is 8.15. The highest BCUT2D eigenvalue weighted by Gasteiger charge is 2.08. The summed E-state index contributed by atoms with van der Waals surface area (Å²) in [4.78, 5) is 11.4. The molecule has 1 aromatic rings. The van der Waals surface area contributed by atoms with E-state index in [4.69, 9.17) is 15.2 Å². The molecule has 0 saturated heterocycles. The molecule has 17 heavy (non-hydrogen) atoms. The molecule has 1 atom stereocenters. The fourth-order valence-corrected chi connectivity index (χ4v) is 1.31. The summed E-state index contributed by atoms with van der Waals surface area (Å²) in [6, 6.07) is 7.42. The summed E-state index contributed by atoms with van der Waals surface area (Å²) in [5.41, 5.74) is 6.38. The van der Waals surface area contributed by atoms with Crippen molar-refractivity contribution in [3.05, 3.63) is 29.8 Å². The zero-order valence-corrected chi connectivity index (χ0v) is 10.3. The molecule has 0 saturated carbocycles. The van der Waals surface area contributed by atoms with Crippen LogP contribution >= 0.6 is 0 Å². The zero-order valence-electron chi connectivity index (χ0n) is 10.3. The van der Waals surface area contributed by atoms with Gasteiger partial charge in [0, 0.05) is 6.42 Å². The number of hydrogen-bond acceptors (Lipinski definition) is 4. The second-order valence-electron chi connectivity index (χ2n) is 4.05. The number of rotatable bonds is 6. The number of carbonyl (C=O) groups is 1. The molecule has 1 rings (SSSR count). The van der Waals surface area contributed by atoms with Gasteiger partial charge in [-0.2, -0.15) is 0 Å². The van der Waals surface area contributed by atoms with Crippen LogP contribution in [0.1, 0.15) is 18.9 Å². The third kappa shape index (κ3) is 4.87. The minimum Gasteiger partial charge on any atom is -0.497 e. The Morgan fingerprint density at radius 1 is 1.35 bits per heavy atom. The van der Waals surface area contributed by atoms with E-state index in [0.717, 1.165) is 11.3 Å². The fraction of sp³-hybridized carbons (Fsp3) is 0.462. The number of nitrogens with two attached hydrogens (primary N) is 1. The molecule has 0 amide bonds. The second kappa shape index (κ2) is 6.91. The Labute approximate surface area is 102 Å². The quantitative estimate of drug-likeness (QED) is 0.765. The van der Waals surface area contributed by atoms with Crippen molar-refractivity contribution in [3.63, 3.8) is 0 Å². The van der Waals surface area contributed by atoms with Gasteiger partial charge >= 0.3 is 5.97 Å². The van der Waals surface area contributed by atoms with Crippen LogP contribution in [0, 0.1) is 5.92 Å². The minimum atomic E-state index is -0.209. The highest BCUT2D eigenvalue weighted by atomic mass is 16.5. The Kier molecular flexibility index (Phi) is 5.49. The predicted octanol–water partition coefficient (Wildman–Crippen LogP) is 1.72. The molecule has 0 radical (unpaired) electrons. The molecule has 0 aromatic heterocycles. The molecular formula is C13H19NO3. The Bertz CT molecular complexity index is 348. The Balaban J connectivity index is 2.36. The first kappa shape index (κ1) is 13.5. The van der Waals surface area contributed by atoms with Gasteiger partial charge in [-0.25, -0.2) is 0 Å². The number of esters is 1. The van der Waals surface area contributed by atoms with E-state index in [1.165, 1.54) is 0 Å². The molecule has 1 aromatic carbocycles. The van der Waals surface area contributed by atoms with Gasteiger partial charge in [0.05, 0.1) is 7.11 Å². The van der Waals surface area contributed by atoms with Crippen molar-refractivity contribution >= 4 is 5.97 Å². The molecule has 0 spiro atoms. The summed E-state index contributed by atoms with van der Waals surface area (Å²) < 4.78 is 10.2. The maximum Gasteiger partial charge on any atom is 0.306 e. The molecule has 1 unspecified atom stereocenters. The lowest BCUT2D eigenvalue weighted by Crippen LogP contribution is -2.16. The number of ether oxygens (including phenoxy) is 2. The predicted molar refractivity (Wildman–Crippen MR) is 65.6 cm³/mol. The lowest BCUT2D eigenvalue weighted by Gasteiger charge is -2.09. The first-order valence-electron chi connectivity index (χ1n) is 5.64. The van der Waals surface area contributed by atoms with E-state index >= 15 is 0 Å². The smallest absolute Gasteiger partial charge is 0.306 e. The van der Waals surface area contributed by atoms with Crippen molar-refractivity contribution in [1.29, 1.82) is 0 Å². The molecule has 0 fully saturated rings. The van der Waals surface area contributed by atoms with Gasteiger partial charge in [-0.1, -0.05) is 19.1 Å².